The molecule has 18 heavy (non-hydrogen) atoms. The van der Waals surface area contributed by atoms with Crippen LogP contribution in [0.1, 0.15) is 31.7 Å². The summed E-state index contributed by atoms with van der Waals surface area (Å²) in [7, 11) is 0. The van der Waals surface area contributed by atoms with Crippen LogP contribution in [0.4, 0.5) is 5.69 Å². The van der Waals surface area contributed by atoms with Gasteiger partial charge in [0.2, 0.25) is 0 Å². The third kappa shape index (κ3) is 2.01. The molecule has 1 aromatic heterocycles. The first-order valence-electron chi connectivity index (χ1n) is 6.09. The van der Waals surface area contributed by atoms with Gasteiger partial charge in [0.25, 0.3) is 0 Å². The zero-order valence-electron chi connectivity index (χ0n) is 9.88. The van der Waals surface area contributed by atoms with Gasteiger partial charge in [0.05, 0.1) is 6.04 Å². The molecule has 0 atom stereocenters. The maximum absolute atomic E-state index is 5.91. The first kappa shape index (κ1) is 11.6. The molecule has 0 amide bonds. The maximum atomic E-state index is 5.91. The topological polar surface area (TPSA) is 69.6 Å². The highest BCUT2D eigenvalue weighted by molar-refractivity contribution is 9.10. The van der Waals surface area contributed by atoms with Crippen molar-refractivity contribution in [3.8, 4) is 11.4 Å². The molecule has 1 aromatic carbocycles. The second-order valence-corrected chi connectivity index (χ2v) is 5.48. The lowest BCUT2D eigenvalue weighted by Crippen LogP contribution is -2.08. The van der Waals surface area contributed by atoms with Crippen LogP contribution in [0.5, 0.6) is 0 Å². The summed E-state index contributed by atoms with van der Waals surface area (Å²) >= 11 is 3.39. The van der Waals surface area contributed by atoms with E-state index in [0.29, 0.717) is 11.7 Å². The van der Waals surface area contributed by atoms with Crippen molar-refractivity contribution in [2.24, 2.45) is 0 Å². The number of halogens is 1. The number of hydrogen-bond acceptors (Lipinski definition) is 4. The van der Waals surface area contributed by atoms with Crippen LogP contribution in [0.2, 0.25) is 0 Å². The highest BCUT2D eigenvalue weighted by Gasteiger charge is 2.22. The number of benzene rings is 1. The molecule has 5 nitrogen and oxygen atoms in total. The Morgan fingerprint density at radius 1 is 1.28 bits per heavy atom. The van der Waals surface area contributed by atoms with Crippen LogP contribution in [0.25, 0.3) is 11.4 Å². The number of tetrazole rings is 1. The number of nitrogen functional groups attached to an aromatic ring is 1. The summed E-state index contributed by atoms with van der Waals surface area (Å²) in [6.07, 6.45) is 4.83. The van der Waals surface area contributed by atoms with Crippen molar-refractivity contribution in [1.29, 1.82) is 0 Å². The van der Waals surface area contributed by atoms with Crippen molar-refractivity contribution >= 4 is 21.6 Å². The predicted molar refractivity (Wildman–Crippen MR) is 72.9 cm³/mol. The molecule has 0 saturated heterocycles. The lowest BCUT2D eigenvalue weighted by molar-refractivity contribution is 0.458. The lowest BCUT2D eigenvalue weighted by Gasteiger charge is -2.11. The van der Waals surface area contributed by atoms with Gasteiger partial charge in [0.1, 0.15) is 0 Å². The van der Waals surface area contributed by atoms with Gasteiger partial charge < -0.3 is 5.73 Å². The fourth-order valence-corrected chi connectivity index (χ4v) is 2.71. The largest absolute Gasteiger partial charge is 0.398 e. The molecule has 1 aliphatic rings. The van der Waals surface area contributed by atoms with E-state index in [-0.39, 0.29) is 0 Å². The lowest BCUT2D eigenvalue weighted by atomic mass is 10.1. The summed E-state index contributed by atoms with van der Waals surface area (Å²) in [6, 6.07) is 6.25. The highest BCUT2D eigenvalue weighted by atomic mass is 79.9. The molecule has 0 aliphatic heterocycles. The van der Waals surface area contributed by atoms with Gasteiger partial charge in [-0.3, -0.25) is 0 Å². The number of anilines is 1. The van der Waals surface area contributed by atoms with E-state index in [0.717, 1.165) is 28.7 Å². The van der Waals surface area contributed by atoms with Gasteiger partial charge in [-0.25, -0.2) is 4.68 Å². The molecule has 6 heteroatoms. The molecule has 0 radical (unpaired) electrons. The summed E-state index contributed by atoms with van der Waals surface area (Å²) in [5, 5.41) is 12.1. The average Bonchev–Trinajstić information content (AvgIpc) is 3.00. The summed E-state index contributed by atoms with van der Waals surface area (Å²) in [5.41, 5.74) is 7.57. The second kappa shape index (κ2) is 4.68. The maximum Gasteiger partial charge on any atom is 0.182 e. The van der Waals surface area contributed by atoms with Crippen LogP contribution in [0.3, 0.4) is 0 Å². The minimum atomic E-state index is 0.430. The zero-order chi connectivity index (χ0) is 12.5. The highest BCUT2D eigenvalue weighted by Crippen LogP contribution is 2.32. The average molecular weight is 308 g/mol. The molecule has 1 aliphatic carbocycles. The van der Waals surface area contributed by atoms with E-state index < -0.39 is 0 Å². The molecule has 1 fully saturated rings. The molecule has 0 spiro atoms. The number of aromatic nitrogens is 4. The molecule has 1 saturated carbocycles. The monoisotopic (exact) mass is 307 g/mol. The molecule has 0 bridgehead atoms. The Kier molecular flexibility index (Phi) is 3.03. The zero-order valence-corrected chi connectivity index (χ0v) is 11.5. The van der Waals surface area contributed by atoms with Gasteiger partial charge in [0.15, 0.2) is 5.82 Å². The Balaban J connectivity index is 2.00. The fourth-order valence-electron chi connectivity index (χ4n) is 2.46. The fraction of sp³-hybridized carbons (Fsp3) is 0.417. The molecule has 0 unspecified atom stereocenters. The van der Waals surface area contributed by atoms with Gasteiger partial charge in [-0.05, 0) is 57.4 Å². The number of nitrogens with zero attached hydrogens (tertiary/aromatic N) is 4. The number of hydrogen-bond donors (Lipinski definition) is 1. The normalized spacial score (nSPS) is 16.3. The number of rotatable bonds is 2. The third-order valence-corrected chi connectivity index (χ3v) is 4.14. The summed E-state index contributed by atoms with van der Waals surface area (Å²) in [5.74, 6) is 0.807. The summed E-state index contributed by atoms with van der Waals surface area (Å²) in [6.45, 7) is 0. The van der Waals surface area contributed by atoms with E-state index in [4.69, 9.17) is 5.73 Å². The second-order valence-electron chi connectivity index (χ2n) is 4.62. The SMILES string of the molecule is Nc1cc(-c2nnnn2C2CCCC2)ccc1Br. The quantitative estimate of drug-likeness (QED) is 0.866. The van der Waals surface area contributed by atoms with Crippen LogP contribution in [-0.4, -0.2) is 20.2 Å². The predicted octanol–water partition coefficient (Wildman–Crippen LogP) is 2.80. The Morgan fingerprint density at radius 3 is 2.78 bits per heavy atom. The molecule has 1 heterocycles. The van der Waals surface area contributed by atoms with Gasteiger partial charge in [-0.2, -0.15) is 0 Å². The van der Waals surface area contributed by atoms with Gasteiger partial charge >= 0.3 is 0 Å². The van der Waals surface area contributed by atoms with E-state index in [9.17, 15) is 0 Å². The molecule has 2 N–H and O–H groups in total. The van der Waals surface area contributed by atoms with E-state index in [2.05, 4.69) is 31.5 Å². The summed E-state index contributed by atoms with van der Waals surface area (Å²) < 4.78 is 2.83. The Morgan fingerprint density at radius 2 is 2.06 bits per heavy atom. The van der Waals surface area contributed by atoms with Gasteiger partial charge in [0, 0.05) is 15.7 Å². The summed E-state index contributed by atoms with van der Waals surface area (Å²) in [4.78, 5) is 0. The minimum absolute atomic E-state index is 0.430. The van der Waals surface area contributed by atoms with Crippen molar-refractivity contribution in [2.45, 2.75) is 31.7 Å². The first-order chi connectivity index (χ1) is 8.75. The van der Waals surface area contributed by atoms with Crippen LogP contribution in [-0.2, 0) is 0 Å². The molecule has 94 valence electrons. The number of nitrogens with two attached hydrogens (primary N) is 1. The molecular weight excluding hydrogens is 294 g/mol. The molecular formula is C12H14BrN5. The van der Waals surface area contributed by atoms with Crippen LogP contribution in [0.15, 0.2) is 22.7 Å². The van der Waals surface area contributed by atoms with Crippen LogP contribution in [0, 0.1) is 0 Å². The Hall–Kier alpha value is -1.43. The van der Waals surface area contributed by atoms with Crippen molar-refractivity contribution in [3.05, 3.63) is 22.7 Å². The third-order valence-electron chi connectivity index (χ3n) is 3.42. The van der Waals surface area contributed by atoms with E-state index in [1.165, 1.54) is 12.8 Å². The van der Waals surface area contributed by atoms with Crippen molar-refractivity contribution < 1.29 is 0 Å². The van der Waals surface area contributed by atoms with E-state index >= 15 is 0 Å². The van der Waals surface area contributed by atoms with Crippen molar-refractivity contribution in [2.75, 3.05) is 5.73 Å². The van der Waals surface area contributed by atoms with Gasteiger partial charge in [-0.1, -0.05) is 12.8 Å². The van der Waals surface area contributed by atoms with Crippen molar-refractivity contribution in [3.63, 3.8) is 0 Å². The van der Waals surface area contributed by atoms with Crippen molar-refractivity contribution in [1.82, 2.24) is 20.2 Å². The van der Waals surface area contributed by atoms with E-state index in [1.807, 2.05) is 22.9 Å². The molecule has 2 aromatic rings. The minimum Gasteiger partial charge on any atom is -0.398 e. The van der Waals surface area contributed by atoms with E-state index in [1.54, 1.807) is 0 Å². The standard InChI is InChI=1S/C12H14BrN5/c13-10-6-5-8(7-11(10)14)12-15-16-17-18(12)9-3-1-2-4-9/h5-7,9H,1-4,14H2. The Labute approximate surface area is 113 Å². The Bertz CT molecular complexity index is 559. The van der Waals surface area contributed by atoms with Gasteiger partial charge in [-0.15, -0.1) is 5.10 Å². The van der Waals surface area contributed by atoms with Crippen LogP contribution < -0.4 is 5.73 Å². The van der Waals surface area contributed by atoms with Crippen LogP contribution >= 0.6 is 15.9 Å². The molecule has 3 rings (SSSR count). The first-order valence-corrected chi connectivity index (χ1v) is 6.88. The smallest absolute Gasteiger partial charge is 0.182 e.